The zero-order valence-corrected chi connectivity index (χ0v) is 14.0. The van der Waals surface area contributed by atoms with Gasteiger partial charge in [-0.15, -0.1) is 0 Å². The minimum atomic E-state index is -0.0729. The zero-order valence-electron chi connectivity index (χ0n) is 14.0. The van der Waals surface area contributed by atoms with Crippen molar-refractivity contribution in [1.29, 1.82) is 0 Å². The van der Waals surface area contributed by atoms with E-state index in [2.05, 4.69) is 20.9 Å². The number of carbonyl (C=O) groups is 1. The lowest BCUT2D eigenvalue weighted by Crippen LogP contribution is -2.62. The Balaban J connectivity index is 1.59. The van der Waals surface area contributed by atoms with E-state index in [1.54, 1.807) is 0 Å². The van der Waals surface area contributed by atoms with E-state index in [-0.39, 0.29) is 12.1 Å². The van der Waals surface area contributed by atoms with Crippen LogP contribution in [0.15, 0.2) is 30.3 Å². The van der Waals surface area contributed by atoms with Crippen molar-refractivity contribution < 1.29 is 14.0 Å². The van der Waals surface area contributed by atoms with Gasteiger partial charge in [-0.3, -0.25) is 4.79 Å². The number of piperidine rings is 1. The summed E-state index contributed by atoms with van der Waals surface area (Å²) < 4.78 is 6.97. The lowest BCUT2D eigenvalue weighted by Gasteiger charge is -2.49. The number of rotatable bonds is 4. The van der Waals surface area contributed by atoms with Crippen molar-refractivity contribution in [2.75, 3.05) is 7.05 Å². The molecule has 120 valence electrons. The summed E-state index contributed by atoms with van der Waals surface area (Å²) in [6.07, 6.45) is 5.15. The molecule has 0 saturated carbocycles. The lowest BCUT2D eigenvalue weighted by molar-refractivity contribution is -0.968. The average molecular weight is 302 g/mol. The topological polar surface area (TPSA) is 26.3 Å². The number of hydrogen-bond donors (Lipinski definition) is 0. The van der Waals surface area contributed by atoms with E-state index in [0.29, 0.717) is 24.5 Å². The predicted octanol–water partition coefficient (Wildman–Crippen LogP) is 3.32. The summed E-state index contributed by atoms with van der Waals surface area (Å²) in [6, 6.07) is 11.8. The molecule has 1 aromatic rings. The molecule has 3 rings (SSSR count). The molecule has 2 aliphatic rings. The van der Waals surface area contributed by atoms with E-state index in [1.165, 1.54) is 17.3 Å². The molecule has 0 aliphatic carbocycles. The highest BCUT2D eigenvalue weighted by Crippen LogP contribution is 2.43. The van der Waals surface area contributed by atoms with Crippen molar-refractivity contribution >= 4 is 5.97 Å². The van der Waals surface area contributed by atoms with Crippen LogP contribution in [0.5, 0.6) is 0 Å². The Morgan fingerprint density at radius 1 is 1.18 bits per heavy atom. The molecule has 0 amide bonds. The maximum Gasteiger partial charge on any atom is 0.310 e. The van der Waals surface area contributed by atoms with Crippen LogP contribution in [-0.2, 0) is 16.0 Å². The van der Waals surface area contributed by atoms with Crippen LogP contribution in [0.4, 0.5) is 0 Å². The van der Waals surface area contributed by atoms with Crippen LogP contribution in [-0.4, -0.2) is 41.7 Å². The molecule has 3 nitrogen and oxygen atoms in total. The van der Waals surface area contributed by atoms with Crippen LogP contribution in [0.25, 0.3) is 0 Å². The molecule has 2 saturated heterocycles. The summed E-state index contributed by atoms with van der Waals surface area (Å²) in [5.74, 6) is -0.0729. The standard InChI is InChI=1S/C19H28NO2/c1-14(2)20(3)16-9-10-17(20)13-18(12-16)22-19(21)11-15-7-5-4-6-8-15/h4-8,14,16-18H,9-13H2,1-3H3/q+1/t16-,17+,18?,20?. The number of nitrogens with zero attached hydrogens (tertiary/aromatic N) is 1. The number of esters is 1. The summed E-state index contributed by atoms with van der Waals surface area (Å²) in [5, 5.41) is 0. The van der Waals surface area contributed by atoms with Crippen molar-refractivity contribution in [1.82, 2.24) is 0 Å². The third kappa shape index (κ3) is 2.79. The van der Waals surface area contributed by atoms with Gasteiger partial charge in [-0.1, -0.05) is 30.3 Å². The van der Waals surface area contributed by atoms with Crippen LogP contribution in [0, 0.1) is 0 Å². The van der Waals surface area contributed by atoms with Crippen LogP contribution >= 0.6 is 0 Å². The van der Waals surface area contributed by atoms with Crippen molar-refractivity contribution in [3.8, 4) is 0 Å². The van der Waals surface area contributed by atoms with Gasteiger partial charge in [0.2, 0.25) is 0 Å². The minimum absolute atomic E-state index is 0.0729. The fourth-order valence-corrected chi connectivity index (χ4v) is 4.56. The lowest BCUT2D eigenvalue weighted by atomic mass is 9.94. The molecule has 4 atom stereocenters. The number of fused-ring (bicyclic) bond motifs is 2. The molecule has 0 aromatic heterocycles. The maximum absolute atomic E-state index is 12.2. The Morgan fingerprint density at radius 2 is 1.77 bits per heavy atom. The molecule has 2 heterocycles. The highest BCUT2D eigenvalue weighted by atomic mass is 16.5. The molecular formula is C19H28NO2+. The van der Waals surface area contributed by atoms with E-state index < -0.39 is 0 Å². The minimum Gasteiger partial charge on any atom is -0.462 e. The molecule has 2 aliphatic heterocycles. The normalized spacial score (nSPS) is 33.9. The summed E-state index contributed by atoms with van der Waals surface area (Å²) in [5.41, 5.74) is 1.04. The van der Waals surface area contributed by atoms with Crippen LogP contribution < -0.4 is 0 Å². The first-order chi connectivity index (χ1) is 10.5. The predicted molar refractivity (Wildman–Crippen MR) is 87.4 cm³/mol. The van der Waals surface area contributed by atoms with Crippen molar-refractivity contribution in [3.63, 3.8) is 0 Å². The Morgan fingerprint density at radius 3 is 2.32 bits per heavy atom. The second kappa shape index (κ2) is 6.04. The summed E-state index contributed by atoms with van der Waals surface area (Å²) in [6.45, 7) is 4.65. The number of hydrogen-bond acceptors (Lipinski definition) is 2. The first kappa shape index (κ1) is 15.5. The highest BCUT2D eigenvalue weighted by molar-refractivity contribution is 5.72. The molecular weight excluding hydrogens is 274 g/mol. The molecule has 1 aromatic carbocycles. The van der Waals surface area contributed by atoms with Gasteiger partial charge in [0.1, 0.15) is 6.10 Å². The van der Waals surface area contributed by atoms with Gasteiger partial charge in [0.15, 0.2) is 0 Å². The van der Waals surface area contributed by atoms with Crippen LogP contribution in [0.3, 0.4) is 0 Å². The van der Waals surface area contributed by atoms with Crippen molar-refractivity contribution in [2.45, 2.75) is 70.2 Å². The smallest absolute Gasteiger partial charge is 0.310 e. The molecule has 0 spiro atoms. The second-order valence-electron chi connectivity index (χ2n) is 7.45. The van der Waals surface area contributed by atoms with Gasteiger partial charge < -0.3 is 9.22 Å². The molecule has 2 bridgehead atoms. The van der Waals surface area contributed by atoms with Crippen LogP contribution in [0.1, 0.15) is 45.1 Å². The maximum atomic E-state index is 12.2. The van der Waals surface area contributed by atoms with Gasteiger partial charge >= 0.3 is 5.97 Å². The number of quaternary nitrogens is 1. The summed E-state index contributed by atoms with van der Waals surface area (Å²) in [4.78, 5) is 12.2. The van der Waals surface area contributed by atoms with E-state index in [1.807, 2.05) is 30.3 Å². The van der Waals surface area contributed by atoms with E-state index >= 15 is 0 Å². The highest BCUT2D eigenvalue weighted by Gasteiger charge is 2.53. The third-order valence-corrected chi connectivity index (χ3v) is 6.08. The summed E-state index contributed by atoms with van der Waals surface area (Å²) in [7, 11) is 2.40. The Labute approximate surface area is 133 Å². The third-order valence-electron chi connectivity index (χ3n) is 6.08. The van der Waals surface area contributed by atoms with Gasteiger partial charge in [0, 0.05) is 25.7 Å². The number of carbonyl (C=O) groups excluding carboxylic acids is 1. The Bertz CT molecular complexity index is 511. The zero-order chi connectivity index (χ0) is 15.7. The van der Waals surface area contributed by atoms with E-state index in [0.717, 1.165) is 18.4 Å². The van der Waals surface area contributed by atoms with Gasteiger partial charge in [-0.25, -0.2) is 0 Å². The number of ether oxygens (including phenoxy) is 1. The van der Waals surface area contributed by atoms with Gasteiger partial charge in [-0.05, 0) is 19.4 Å². The first-order valence-electron chi connectivity index (χ1n) is 8.59. The second-order valence-corrected chi connectivity index (χ2v) is 7.45. The molecule has 2 unspecified atom stereocenters. The van der Waals surface area contributed by atoms with Gasteiger partial charge in [0.05, 0.1) is 31.6 Å². The van der Waals surface area contributed by atoms with Gasteiger partial charge in [-0.2, -0.15) is 0 Å². The molecule has 2 fully saturated rings. The molecule has 0 N–H and O–H groups in total. The first-order valence-corrected chi connectivity index (χ1v) is 8.59. The van der Waals surface area contributed by atoms with Crippen molar-refractivity contribution in [2.24, 2.45) is 0 Å². The monoisotopic (exact) mass is 302 g/mol. The van der Waals surface area contributed by atoms with Crippen molar-refractivity contribution in [3.05, 3.63) is 35.9 Å². The number of benzene rings is 1. The van der Waals surface area contributed by atoms with Crippen LogP contribution in [0.2, 0.25) is 0 Å². The summed E-state index contributed by atoms with van der Waals surface area (Å²) >= 11 is 0. The Hall–Kier alpha value is -1.35. The largest absolute Gasteiger partial charge is 0.462 e. The fourth-order valence-electron chi connectivity index (χ4n) is 4.56. The average Bonchev–Trinajstić information content (AvgIpc) is 2.67. The quantitative estimate of drug-likeness (QED) is 0.630. The van der Waals surface area contributed by atoms with E-state index in [9.17, 15) is 4.79 Å². The molecule has 22 heavy (non-hydrogen) atoms. The SMILES string of the molecule is CC(C)[N+]1(C)[C@@H]2CC[C@H]1CC(OC(=O)Cc1ccccc1)C2. The molecule has 3 heteroatoms. The molecule has 0 radical (unpaired) electrons. The van der Waals surface area contributed by atoms with Gasteiger partial charge in [0.25, 0.3) is 0 Å². The van der Waals surface area contributed by atoms with E-state index in [4.69, 9.17) is 4.74 Å². The Kier molecular flexibility index (Phi) is 4.26. The fraction of sp³-hybridized carbons (Fsp3) is 0.632.